The number of carbonyl (C=O) groups excluding carboxylic acids is 1. The van der Waals surface area contributed by atoms with Crippen LogP contribution >= 0.6 is 27.3 Å². The Hall–Kier alpha value is -2.12. The molecular weight excluding hydrogens is 378 g/mol. The van der Waals surface area contributed by atoms with Crippen molar-refractivity contribution in [2.75, 3.05) is 11.9 Å². The zero-order valence-corrected chi connectivity index (χ0v) is 14.5. The molecule has 2 heterocycles. The molecule has 0 fully saturated rings. The molecule has 3 rings (SSSR count). The summed E-state index contributed by atoms with van der Waals surface area (Å²) in [4.78, 5) is 13.2. The summed E-state index contributed by atoms with van der Waals surface area (Å²) in [5.41, 5.74) is 0. The van der Waals surface area contributed by atoms with Crippen LogP contribution in [0.5, 0.6) is 5.75 Å². The molecule has 0 unspecified atom stereocenters. The van der Waals surface area contributed by atoms with E-state index in [1.54, 1.807) is 28.3 Å². The number of para-hydroxylation sites is 1. The van der Waals surface area contributed by atoms with Gasteiger partial charge in [-0.15, -0.1) is 11.3 Å². The van der Waals surface area contributed by atoms with Crippen molar-refractivity contribution < 1.29 is 9.53 Å². The fourth-order valence-electron chi connectivity index (χ4n) is 1.99. The normalized spacial score (nSPS) is 10.5. The van der Waals surface area contributed by atoms with Crippen molar-refractivity contribution in [3.8, 4) is 5.75 Å². The van der Waals surface area contributed by atoms with Crippen molar-refractivity contribution in [2.24, 2.45) is 0 Å². The third-order valence-electron chi connectivity index (χ3n) is 3.02. The fraction of sp³-hybridized carbons (Fsp3) is 0.125. The van der Waals surface area contributed by atoms with Gasteiger partial charge in [0.25, 0.3) is 5.91 Å². The van der Waals surface area contributed by atoms with E-state index in [0.29, 0.717) is 18.1 Å². The molecule has 3 aromatic rings. The van der Waals surface area contributed by atoms with E-state index in [4.69, 9.17) is 4.74 Å². The smallest absolute Gasteiger partial charge is 0.263 e. The quantitative estimate of drug-likeness (QED) is 0.695. The number of aromatic nitrogens is 2. The number of ether oxygens (including phenoxy) is 1. The van der Waals surface area contributed by atoms with Crippen LogP contribution in [0.4, 0.5) is 5.82 Å². The van der Waals surface area contributed by atoms with Gasteiger partial charge in [-0.25, -0.2) is 4.68 Å². The molecule has 0 radical (unpaired) electrons. The Morgan fingerprint density at radius 3 is 2.87 bits per heavy atom. The third-order valence-corrected chi connectivity index (χ3v) is 4.71. The average Bonchev–Trinajstić information content (AvgIpc) is 3.16. The molecule has 0 aliphatic rings. The van der Waals surface area contributed by atoms with E-state index in [1.807, 2.05) is 41.8 Å². The van der Waals surface area contributed by atoms with Crippen molar-refractivity contribution in [3.05, 3.63) is 63.4 Å². The second-order valence-corrected chi connectivity index (χ2v) is 6.67. The molecule has 1 amide bonds. The molecule has 0 aliphatic heterocycles. The van der Waals surface area contributed by atoms with Gasteiger partial charge in [0.2, 0.25) is 0 Å². The SMILES string of the molecule is O=C(COc1ccccc1)Nc1ccnn1Cc1cc(Br)cs1. The molecular formula is C16H14BrN3O2S. The molecule has 0 saturated heterocycles. The van der Waals surface area contributed by atoms with E-state index in [2.05, 4.69) is 26.3 Å². The maximum absolute atomic E-state index is 12.0. The molecule has 0 spiro atoms. The van der Waals surface area contributed by atoms with Crippen LogP contribution in [0.3, 0.4) is 0 Å². The van der Waals surface area contributed by atoms with Gasteiger partial charge in [0.05, 0.1) is 12.7 Å². The number of amides is 1. The summed E-state index contributed by atoms with van der Waals surface area (Å²) < 4.78 is 8.23. The fourth-order valence-corrected chi connectivity index (χ4v) is 3.43. The number of nitrogens with zero attached hydrogens (tertiary/aromatic N) is 2. The molecule has 5 nitrogen and oxygen atoms in total. The van der Waals surface area contributed by atoms with Crippen LogP contribution in [0.25, 0.3) is 0 Å². The predicted molar refractivity (Wildman–Crippen MR) is 93.9 cm³/mol. The highest BCUT2D eigenvalue weighted by Gasteiger charge is 2.09. The lowest BCUT2D eigenvalue weighted by Gasteiger charge is -2.09. The van der Waals surface area contributed by atoms with Gasteiger partial charge in [-0.3, -0.25) is 4.79 Å². The van der Waals surface area contributed by atoms with Gasteiger partial charge in [-0.2, -0.15) is 5.10 Å². The second kappa shape index (κ2) is 7.43. The van der Waals surface area contributed by atoms with Crippen molar-refractivity contribution in [2.45, 2.75) is 6.54 Å². The van der Waals surface area contributed by atoms with Crippen LogP contribution in [-0.2, 0) is 11.3 Å². The minimum atomic E-state index is -0.219. The topological polar surface area (TPSA) is 56.1 Å². The number of hydrogen-bond acceptors (Lipinski definition) is 4. The molecule has 0 saturated carbocycles. The summed E-state index contributed by atoms with van der Waals surface area (Å²) in [7, 11) is 0. The Kier molecular flexibility index (Phi) is 5.09. The first-order valence-corrected chi connectivity index (χ1v) is 8.60. The Morgan fingerprint density at radius 1 is 1.30 bits per heavy atom. The Labute approximate surface area is 146 Å². The molecule has 1 N–H and O–H groups in total. The van der Waals surface area contributed by atoms with Gasteiger partial charge in [0.1, 0.15) is 11.6 Å². The minimum absolute atomic E-state index is 0.0419. The van der Waals surface area contributed by atoms with E-state index < -0.39 is 0 Å². The number of carbonyl (C=O) groups is 1. The lowest BCUT2D eigenvalue weighted by molar-refractivity contribution is -0.118. The highest BCUT2D eigenvalue weighted by atomic mass is 79.9. The first-order chi connectivity index (χ1) is 11.2. The highest BCUT2D eigenvalue weighted by Crippen LogP contribution is 2.21. The van der Waals surface area contributed by atoms with E-state index >= 15 is 0 Å². The largest absolute Gasteiger partial charge is 0.484 e. The zero-order chi connectivity index (χ0) is 16.1. The second-order valence-electron chi connectivity index (χ2n) is 4.76. The minimum Gasteiger partial charge on any atom is -0.484 e. The van der Waals surface area contributed by atoms with Crippen molar-refractivity contribution in [1.29, 1.82) is 0 Å². The number of hydrogen-bond donors (Lipinski definition) is 1. The third kappa shape index (κ3) is 4.43. The number of thiophene rings is 1. The van der Waals surface area contributed by atoms with E-state index in [1.165, 1.54) is 0 Å². The molecule has 118 valence electrons. The van der Waals surface area contributed by atoms with Crippen LogP contribution in [0.15, 0.2) is 58.5 Å². The monoisotopic (exact) mass is 391 g/mol. The Morgan fingerprint density at radius 2 is 2.13 bits per heavy atom. The zero-order valence-electron chi connectivity index (χ0n) is 12.1. The number of anilines is 1. The van der Waals surface area contributed by atoms with Crippen molar-refractivity contribution in [3.63, 3.8) is 0 Å². The lowest BCUT2D eigenvalue weighted by Crippen LogP contribution is -2.22. The Balaban J connectivity index is 1.57. The van der Waals surface area contributed by atoms with Crippen LogP contribution < -0.4 is 10.1 Å². The molecule has 2 aromatic heterocycles. The maximum atomic E-state index is 12.0. The van der Waals surface area contributed by atoms with E-state index in [0.717, 1.165) is 9.35 Å². The lowest BCUT2D eigenvalue weighted by atomic mass is 10.3. The van der Waals surface area contributed by atoms with Crippen LogP contribution in [-0.4, -0.2) is 22.3 Å². The predicted octanol–water partition coefficient (Wildman–Crippen LogP) is 3.77. The van der Waals surface area contributed by atoms with Crippen LogP contribution in [0, 0.1) is 0 Å². The molecule has 1 aromatic carbocycles. The van der Waals surface area contributed by atoms with Gasteiger partial charge in [-0.1, -0.05) is 18.2 Å². The summed E-state index contributed by atoms with van der Waals surface area (Å²) in [6.07, 6.45) is 1.66. The number of halogens is 1. The van der Waals surface area contributed by atoms with Crippen molar-refractivity contribution in [1.82, 2.24) is 9.78 Å². The summed E-state index contributed by atoms with van der Waals surface area (Å²) in [6.45, 7) is 0.568. The van der Waals surface area contributed by atoms with Crippen LogP contribution in [0.2, 0.25) is 0 Å². The average molecular weight is 392 g/mol. The van der Waals surface area contributed by atoms with Gasteiger partial charge in [0, 0.05) is 20.8 Å². The Bertz CT molecular complexity index is 785. The molecule has 23 heavy (non-hydrogen) atoms. The first-order valence-electron chi connectivity index (χ1n) is 6.93. The van der Waals surface area contributed by atoms with E-state index in [-0.39, 0.29) is 12.5 Å². The molecule has 0 atom stereocenters. The van der Waals surface area contributed by atoms with E-state index in [9.17, 15) is 4.79 Å². The van der Waals surface area contributed by atoms with Gasteiger partial charge >= 0.3 is 0 Å². The number of nitrogens with one attached hydrogen (secondary N) is 1. The number of rotatable bonds is 6. The summed E-state index contributed by atoms with van der Waals surface area (Å²) >= 11 is 5.07. The molecule has 0 aliphatic carbocycles. The molecule has 0 bridgehead atoms. The summed E-state index contributed by atoms with van der Waals surface area (Å²) in [6, 6.07) is 13.1. The summed E-state index contributed by atoms with van der Waals surface area (Å²) in [5.74, 6) is 1.10. The maximum Gasteiger partial charge on any atom is 0.263 e. The number of benzene rings is 1. The first kappa shape index (κ1) is 15.8. The van der Waals surface area contributed by atoms with Gasteiger partial charge < -0.3 is 10.1 Å². The van der Waals surface area contributed by atoms with Gasteiger partial charge in [-0.05, 0) is 34.1 Å². The summed E-state index contributed by atoms with van der Waals surface area (Å²) in [5, 5.41) is 9.08. The molecule has 7 heteroatoms. The standard InChI is InChI=1S/C16H14BrN3O2S/c17-12-8-14(23-11-12)9-20-15(6-7-18-20)19-16(21)10-22-13-4-2-1-3-5-13/h1-8,11H,9-10H2,(H,19,21). The van der Waals surface area contributed by atoms with Crippen molar-refractivity contribution >= 4 is 39.0 Å². The van der Waals surface area contributed by atoms with Gasteiger partial charge in [0.15, 0.2) is 6.61 Å². The highest BCUT2D eigenvalue weighted by molar-refractivity contribution is 9.10. The van der Waals surface area contributed by atoms with Crippen LogP contribution in [0.1, 0.15) is 4.88 Å².